The highest BCUT2D eigenvalue weighted by atomic mass is 16.3. The molecule has 0 spiro atoms. The Kier molecular flexibility index (Phi) is 3.14. The van der Waals surface area contributed by atoms with Gasteiger partial charge < -0.3 is 15.3 Å². The van der Waals surface area contributed by atoms with E-state index in [9.17, 15) is 5.11 Å². The highest BCUT2D eigenvalue weighted by molar-refractivity contribution is 5.75. The minimum Gasteiger partial charge on any atom is -0.393 e. The fourth-order valence-electron chi connectivity index (χ4n) is 2.96. The van der Waals surface area contributed by atoms with Crippen LogP contribution in [-0.2, 0) is 0 Å². The number of aliphatic hydroxyl groups is 1. The molecule has 4 nitrogen and oxygen atoms in total. The Balaban J connectivity index is 1.79. The van der Waals surface area contributed by atoms with Crippen LogP contribution in [0.2, 0.25) is 0 Å². The second kappa shape index (κ2) is 4.78. The minimum absolute atomic E-state index is 0.111. The molecule has 18 heavy (non-hydrogen) atoms. The minimum atomic E-state index is -0.111. The molecule has 1 atom stereocenters. The van der Waals surface area contributed by atoms with E-state index in [1.807, 2.05) is 0 Å². The van der Waals surface area contributed by atoms with Crippen molar-refractivity contribution in [1.82, 2.24) is 4.90 Å². The van der Waals surface area contributed by atoms with E-state index in [1.165, 1.54) is 11.4 Å². The molecule has 0 aliphatic carbocycles. The molecule has 0 saturated carbocycles. The maximum absolute atomic E-state index is 9.61. The molecule has 0 amide bonds. The van der Waals surface area contributed by atoms with Crippen LogP contribution in [0, 0.1) is 0 Å². The molecule has 2 N–H and O–H groups in total. The summed E-state index contributed by atoms with van der Waals surface area (Å²) in [4.78, 5) is 4.82. The zero-order valence-electron chi connectivity index (χ0n) is 10.8. The summed E-state index contributed by atoms with van der Waals surface area (Å²) in [7, 11) is 0. The van der Waals surface area contributed by atoms with Crippen molar-refractivity contribution in [3.8, 4) is 0 Å². The summed E-state index contributed by atoms with van der Waals surface area (Å²) in [6.07, 6.45) is 1.90. The predicted molar refractivity (Wildman–Crippen MR) is 73.7 cm³/mol. The fraction of sp³-hybridized carbons (Fsp3) is 0.571. The molecule has 2 heterocycles. The maximum atomic E-state index is 9.61. The van der Waals surface area contributed by atoms with Gasteiger partial charge in [0.05, 0.1) is 17.5 Å². The standard InChI is InChI=1S/C14H21N3O/c1-2-17-13-6-4-3-5-12(13)15-14(17)16-9-7-11(18)8-10-16/h3-6,11,14-15,18H,2,7-10H2,1H3. The number of hydrogen-bond acceptors (Lipinski definition) is 4. The van der Waals surface area contributed by atoms with Gasteiger partial charge in [-0.2, -0.15) is 0 Å². The van der Waals surface area contributed by atoms with Crippen LogP contribution in [-0.4, -0.2) is 42.0 Å². The lowest BCUT2D eigenvalue weighted by Gasteiger charge is -2.38. The highest BCUT2D eigenvalue weighted by Crippen LogP contribution is 2.35. The number of fused-ring (bicyclic) bond motifs is 1. The lowest BCUT2D eigenvalue weighted by Crippen LogP contribution is -2.53. The average molecular weight is 247 g/mol. The number of nitrogens with zero attached hydrogens (tertiary/aromatic N) is 2. The van der Waals surface area contributed by atoms with Crippen molar-refractivity contribution in [2.24, 2.45) is 0 Å². The molecule has 1 aromatic rings. The Morgan fingerprint density at radius 1 is 1.28 bits per heavy atom. The molecule has 0 radical (unpaired) electrons. The van der Waals surface area contributed by atoms with Crippen LogP contribution >= 0.6 is 0 Å². The van der Waals surface area contributed by atoms with Crippen LogP contribution in [0.3, 0.4) is 0 Å². The van der Waals surface area contributed by atoms with Gasteiger partial charge in [0.25, 0.3) is 0 Å². The van der Waals surface area contributed by atoms with Crippen molar-refractivity contribution in [1.29, 1.82) is 0 Å². The Labute approximate surface area is 108 Å². The maximum Gasteiger partial charge on any atom is 0.158 e. The van der Waals surface area contributed by atoms with Crippen molar-refractivity contribution in [3.05, 3.63) is 24.3 Å². The van der Waals surface area contributed by atoms with Gasteiger partial charge in [-0.1, -0.05) is 12.1 Å². The first kappa shape index (κ1) is 11.8. The Morgan fingerprint density at radius 3 is 2.72 bits per heavy atom. The van der Waals surface area contributed by atoms with Crippen LogP contribution < -0.4 is 10.2 Å². The molecule has 1 unspecified atom stereocenters. The Hall–Kier alpha value is -1.26. The second-order valence-electron chi connectivity index (χ2n) is 5.09. The number of benzene rings is 1. The van der Waals surface area contributed by atoms with Crippen molar-refractivity contribution in [3.63, 3.8) is 0 Å². The van der Waals surface area contributed by atoms with Crippen LogP contribution in [0.25, 0.3) is 0 Å². The van der Waals surface area contributed by atoms with Crippen LogP contribution in [0.15, 0.2) is 24.3 Å². The van der Waals surface area contributed by atoms with Gasteiger partial charge >= 0.3 is 0 Å². The van der Waals surface area contributed by atoms with Gasteiger partial charge in [-0.15, -0.1) is 0 Å². The normalized spacial score (nSPS) is 25.0. The summed E-state index contributed by atoms with van der Waals surface area (Å²) in [6, 6.07) is 8.47. The molecule has 2 aliphatic heterocycles. The second-order valence-corrected chi connectivity index (χ2v) is 5.09. The van der Waals surface area contributed by atoms with Gasteiger partial charge in [0, 0.05) is 19.6 Å². The number of likely N-dealkylation sites (tertiary alicyclic amines) is 1. The van der Waals surface area contributed by atoms with Crippen LogP contribution in [0.5, 0.6) is 0 Å². The predicted octanol–water partition coefficient (Wildman–Crippen LogP) is 1.68. The zero-order valence-corrected chi connectivity index (χ0v) is 10.8. The SMILES string of the molecule is CCN1c2ccccc2NC1N1CCC(O)CC1. The quantitative estimate of drug-likeness (QED) is 0.834. The first-order chi connectivity index (χ1) is 8.79. The smallest absolute Gasteiger partial charge is 0.158 e. The molecular formula is C14H21N3O. The Bertz CT molecular complexity index is 415. The van der Waals surface area contributed by atoms with Gasteiger partial charge in [-0.3, -0.25) is 4.90 Å². The van der Waals surface area contributed by atoms with Crippen molar-refractivity contribution >= 4 is 11.4 Å². The molecular weight excluding hydrogens is 226 g/mol. The summed E-state index contributed by atoms with van der Waals surface area (Å²) >= 11 is 0. The van der Waals surface area contributed by atoms with Crippen molar-refractivity contribution in [2.45, 2.75) is 32.2 Å². The van der Waals surface area contributed by atoms with Crippen LogP contribution in [0.4, 0.5) is 11.4 Å². The number of hydrogen-bond donors (Lipinski definition) is 2. The van der Waals surface area contributed by atoms with Crippen molar-refractivity contribution < 1.29 is 5.11 Å². The third-order valence-corrected chi connectivity index (χ3v) is 3.98. The van der Waals surface area contributed by atoms with E-state index in [0.717, 1.165) is 32.5 Å². The van der Waals surface area contributed by atoms with E-state index in [-0.39, 0.29) is 12.4 Å². The molecule has 0 aromatic heterocycles. The van der Waals surface area contributed by atoms with Gasteiger partial charge in [0.2, 0.25) is 0 Å². The number of para-hydroxylation sites is 2. The van der Waals surface area contributed by atoms with E-state index in [0.29, 0.717) is 0 Å². The summed E-state index contributed by atoms with van der Waals surface area (Å²) in [5.41, 5.74) is 2.51. The lowest BCUT2D eigenvalue weighted by molar-refractivity contribution is 0.0672. The van der Waals surface area contributed by atoms with Crippen molar-refractivity contribution in [2.75, 3.05) is 29.9 Å². The molecule has 0 bridgehead atoms. The van der Waals surface area contributed by atoms with E-state index < -0.39 is 0 Å². The zero-order chi connectivity index (χ0) is 12.5. The lowest BCUT2D eigenvalue weighted by atomic mass is 10.1. The highest BCUT2D eigenvalue weighted by Gasteiger charge is 2.33. The molecule has 1 aromatic carbocycles. The summed E-state index contributed by atoms with van der Waals surface area (Å²) in [5.74, 6) is 0. The van der Waals surface area contributed by atoms with Crippen LogP contribution in [0.1, 0.15) is 19.8 Å². The number of anilines is 2. The third kappa shape index (κ3) is 1.95. The number of aliphatic hydroxyl groups excluding tert-OH is 1. The molecule has 4 heteroatoms. The first-order valence-electron chi connectivity index (χ1n) is 6.84. The largest absolute Gasteiger partial charge is 0.393 e. The third-order valence-electron chi connectivity index (χ3n) is 3.98. The van der Waals surface area contributed by atoms with Gasteiger partial charge in [0.15, 0.2) is 6.29 Å². The monoisotopic (exact) mass is 247 g/mol. The summed E-state index contributed by atoms with van der Waals surface area (Å²) in [5, 5.41) is 13.2. The molecule has 2 aliphatic rings. The Morgan fingerprint density at radius 2 is 2.00 bits per heavy atom. The molecule has 3 rings (SSSR count). The fourth-order valence-corrected chi connectivity index (χ4v) is 2.96. The number of nitrogens with one attached hydrogen (secondary N) is 1. The number of rotatable bonds is 2. The molecule has 1 saturated heterocycles. The van der Waals surface area contributed by atoms with Gasteiger partial charge in [0.1, 0.15) is 0 Å². The van der Waals surface area contributed by atoms with E-state index in [4.69, 9.17) is 0 Å². The topological polar surface area (TPSA) is 38.7 Å². The summed E-state index contributed by atoms with van der Waals surface area (Å²) in [6.45, 7) is 5.11. The number of piperidine rings is 1. The average Bonchev–Trinajstić information content (AvgIpc) is 2.78. The van der Waals surface area contributed by atoms with E-state index >= 15 is 0 Å². The molecule has 98 valence electrons. The van der Waals surface area contributed by atoms with Gasteiger partial charge in [-0.25, -0.2) is 0 Å². The van der Waals surface area contributed by atoms with Gasteiger partial charge in [-0.05, 0) is 31.9 Å². The molecule has 1 fully saturated rings. The van der Waals surface area contributed by atoms with E-state index in [2.05, 4.69) is 46.3 Å². The van der Waals surface area contributed by atoms with E-state index in [1.54, 1.807) is 0 Å². The first-order valence-corrected chi connectivity index (χ1v) is 6.84. The summed E-state index contributed by atoms with van der Waals surface area (Å²) < 4.78 is 0.